The van der Waals surface area contributed by atoms with Gasteiger partial charge in [-0.15, -0.1) is 0 Å². The van der Waals surface area contributed by atoms with Crippen LogP contribution in [-0.2, 0) is 0 Å². The summed E-state index contributed by atoms with van der Waals surface area (Å²) in [5, 5.41) is 9.93. The molecule has 0 radical (unpaired) electrons. The minimum atomic E-state index is -0.132. The number of nitrogens with zero attached hydrogens (tertiary/aromatic N) is 3. The van der Waals surface area contributed by atoms with Gasteiger partial charge in [0.1, 0.15) is 0 Å². The second kappa shape index (κ2) is 6.76. The van der Waals surface area contributed by atoms with Gasteiger partial charge in [-0.2, -0.15) is 0 Å². The molecule has 0 aliphatic carbocycles. The Morgan fingerprint density at radius 2 is 2.08 bits per heavy atom. The van der Waals surface area contributed by atoms with Crippen molar-refractivity contribution < 1.29 is 9.90 Å². The highest BCUT2D eigenvalue weighted by atomic mass is 16.3. The summed E-state index contributed by atoms with van der Waals surface area (Å²) in [5.41, 5.74) is 3.98. The number of aromatic nitrogens is 2. The molecule has 5 nitrogen and oxygen atoms in total. The number of amides is 1. The number of hydrogen-bond acceptors (Lipinski definition) is 4. The monoisotopic (exact) mass is 321 g/mol. The van der Waals surface area contributed by atoms with E-state index in [-0.39, 0.29) is 19.1 Å². The molecule has 1 N–H and O–H groups in total. The standard InChI is InChI=1S/C19H19N3O2/c1-13-5-6-17-15(10-13)16(19(24)22(2)8-9-23)11-18(21-17)14-4-3-7-20-12-14/h3-7,10-12,23H,8-9H2,1-2H3. The smallest absolute Gasteiger partial charge is 0.254 e. The molecule has 0 aliphatic rings. The molecule has 2 aromatic heterocycles. The first-order valence-electron chi connectivity index (χ1n) is 7.78. The van der Waals surface area contributed by atoms with Crippen molar-refractivity contribution in [1.29, 1.82) is 0 Å². The van der Waals surface area contributed by atoms with Crippen LogP contribution in [0.25, 0.3) is 22.2 Å². The zero-order chi connectivity index (χ0) is 17.1. The first-order chi connectivity index (χ1) is 11.6. The Hall–Kier alpha value is -2.79. The van der Waals surface area contributed by atoms with Gasteiger partial charge in [-0.25, -0.2) is 4.98 Å². The topological polar surface area (TPSA) is 66.3 Å². The highest BCUT2D eigenvalue weighted by Gasteiger charge is 2.17. The Kier molecular flexibility index (Phi) is 4.53. The van der Waals surface area contributed by atoms with Crippen molar-refractivity contribution >= 4 is 16.8 Å². The first kappa shape index (κ1) is 16.1. The van der Waals surface area contributed by atoms with Crippen LogP contribution in [0.5, 0.6) is 0 Å². The predicted molar refractivity (Wildman–Crippen MR) is 93.8 cm³/mol. The molecule has 0 spiro atoms. The van der Waals surface area contributed by atoms with E-state index in [0.717, 1.165) is 22.0 Å². The van der Waals surface area contributed by atoms with E-state index in [1.54, 1.807) is 25.5 Å². The number of aryl methyl sites for hydroxylation is 1. The van der Waals surface area contributed by atoms with Crippen molar-refractivity contribution in [3.05, 3.63) is 59.9 Å². The summed E-state index contributed by atoms with van der Waals surface area (Å²) < 4.78 is 0. The van der Waals surface area contributed by atoms with Crippen LogP contribution in [-0.4, -0.2) is 46.1 Å². The number of aliphatic hydroxyl groups is 1. The summed E-state index contributed by atoms with van der Waals surface area (Å²) in [6.07, 6.45) is 3.43. The van der Waals surface area contributed by atoms with Gasteiger partial charge in [-0.1, -0.05) is 11.6 Å². The Morgan fingerprint density at radius 3 is 2.79 bits per heavy atom. The van der Waals surface area contributed by atoms with E-state index in [9.17, 15) is 4.79 Å². The van der Waals surface area contributed by atoms with Crippen molar-refractivity contribution in [1.82, 2.24) is 14.9 Å². The number of carbonyl (C=O) groups is 1. The molecule has 0 saturated carbocycles. The van der Waals surface area contributed by atoms with Crippen molar-refractivity contribution in [2.24, 2.45) is 0 Å². The zero-order valence-corrected chi connectivity index (χ0v) is 13.7. The van der Waals surface area contributed by atoms with Crippen LogP contribution in [0.1, 0.15) is 15.9 Å². The van der Waals surface area contributed by atoms with E-state index in [1.165, 1.54) is 4.90 Å². The summed E-state index contributed by atoms with van der Waals surface area (Å²) in [5.74, 6) is -0.132. The first-order valence-corrected chi connectivity index (χ1v) is 7.78. The minimum absolute atomic E-state index is 0.0697. The quantitative estimate of drug-likeness (QED) is 0.802. The van der Waals surface area contributed by atoms with Crippen molar-refractivity contribution in [2.45, 2.75) is 6.92 Å². The summed E-state index contributed by atoms with van der Waals surface area (Å²) in [6.45, 7) is 2.20. The number of fused-ring (bicyclic) bond motifs is 1. The molecule has 3 rings (SSSR count). The van der Waals surface area contributed by atoms with Gasteiger partial charge in [0.2, 0.25) is 0 Å². The van der Waals surface area contributed by atoms with E-state index in [1.807, 2.05) is 37.3 Å². The molecule has 1 aromatic carbocycles. The van der Waals surface area contributed by atoms with Crippen LogP contribution in [0.2, 0.25) is 0 Å². The molecule has 1 amide bonds. The van der Waals surface area contributed by atoms with Crippen LogP contribution >= 0.6 is 0 Å². The molecule has 3 aromatic rings. The molecule has 24 heavy (non-hydrogen) atoms. The van der Waals surface area contributed by atoms with Crippen molar-refractivity contribution in [2.75, 3.05) is 20.2 Å². The van der Waals surface area contributed by atoms with Gasteiger partial charge in [-0.3, -0.25) is 9.78 Å². The number of rotatable bonds is 4. The maximum atomic E-state index is 12.8. The fourth-order valence-corrected chi connectivity index (χ4v) is 2.64. The van der Waals surface area contributed by atoms with Gasteiger partial charge in [0, 0.05) is 36.9 Å². The fourth-order valence-electron chi connectivity index (χ4n) is 2.64. The van der Waals surface area contributed by atoms with Crippen molar-refractivity contribution in [3.8, 4) is 11.3 Å². The third kappa shape index (κ3) is 3.12. The predicted octanol–water partition coefficient (Wildman–Crippen LogP) is 2.67. The summed E-state index contributed by atoms with van der Waals surface area (Å²) in [6, 6.07) is 11.4. The third-order valence-corrected chi connectivity index (χ3v) is 3.93. The van der Waals surface area contributed by atoms with Crippen LogP contribution in [0.15, 0.2) is 48.8 Å². The molecule has 0 unspecified atom stereocenters. The normalized spacial score (nSPS) is 10.8. The van der Waals surface area contributed by atoms with Crippen LogP contribution in [0, 0.1) is 6.92 Å². The molecular weight excluding hydrogens is 302 g/mol. The highest BCUT2D eigenvalue weighted by molar-refractivity contribution is 6.07. The maximum Gasteiger partial charge on any atom is 0.254 e. The van der Waals surface area contributed by atoms with E-state index in [0.29, 0.717) is 11.3 Å². The Morgan fingerprint density at radius 1 is 1.25 bits per heavy atom. The SMILES string of the molecule is Cc1ccc2nc(-c3cccnc3)cc(C(=O)N(C)CCO)c2c1. The number of pyridine rings is 2. The van der Waals surface area contributed by atoms with Gasteiger partial charge in [-0.05, 0) is 37.3 Å². The van der Waals surface area contributed by atoms with Crippen LogP contribution in [0.4, 0.5) is 0 Å². The number of carbonyl (C=O) groups excluding carboxylic acids is 1. The van der Waals surface area contributed by atoms with Gasteiger partial charge in [0.15, 0.2) is 0 Å². The number of aliphatic hydroxyl groups excluding tert-OH is 1. The molecule has 0 bridgehead atoms. The lowest BCUT2D eigenvalue weighted by Gasteiger charge is -2.18. The van der Waals surface area contributed by atoms with E-state index < -0.39 is 0 Å². The second-order valence-electron chi connectivity index (χ2n) is 5.77. The average molecular weight is 321 g/mol. The van der Waals surface area contributed by atoms with Crippen LogP contribution < -0.4 is 0 Å². The average Bonchev–Trinajstić information content (AvgIpc) is 2.61. The number of likely N-dealkylation sites (N-methyl/N-ethyl adjacent to an activating group) is 1. The van der Waals surface area contributed by atoms with Gasteiger partial charge < -0.3 is 10.0 Å². The van der Waals surface area contributed by atoms with E-state index >= 15 is 0 Å². The highest BCUT2D eigenvalue weighted by Crippen LogP contribution is 2.26. The lowest BCUT2D eigenvalue weighted by Crippen LogP contribution is -2.29. The fraction of sp³-hybridized carbons (Fsp3) is 0.211. The van der Waals surface area contributed by atoms with E-state index in [4.69, 9.17) is 5.11 Å². The van der Waals surface area contributed by atoms with E-state index in [2.05, 4.69) is 9.97 Å². The molecule has 0 aliphatic heterocycles. The molecular formula is C19H19N3O2. The van der Waals surface area contributed by atoms with Gasteiger partial charge in [0.05, 0.1) is 23.4 Å². The zero-order valence-electron chi connectivity index (χ0n) is 13.7. The molecule has 0 saturated heterocycles. The molecule has 2 heterocycles. The number of benzene rings is 1. The Bertz CT molecular complexity index is 878. The van der Waals surface area contributed by atoms with Crippen molar-refractivity contribution in [3.63, 3.8) is 0 Å². The minimum Gasteiger partial charge on any atom is -0.395 e. The van der Waals surface area contributed by atoms with Crippen LogP contribution in [0.3, 0.4) is 0 Å². The Labute approximate surface area is 140 Å². The second-order valence-corrected chi connectivity index (χ2v) is 5.77. The largest absolute Gasteiger partial charge is 0.395 e. The van der Waals surface area contributed by atoms with Gasteiger partial charge >= 0.3 is 0 Å². The molecule has 5 heteroatoms. The lowest BCUT2D eigenvalue weighted by molar-refractivity contribution is 0.0769. The summed E-state index contributed by atoms with van der Waals surface area (Å²) in [4.78, 5) is 23.1. The van der Waals surface area contributed by atoms with Gasteiger partial charge in [0.25, 0.3) is 5.91 Å². The molecule has 122 valence electrons. The third-order valence-electron chi connectivity index (χ3n) is 3.93. The molecule has 0 fully saturated rings. The summed E-state index contributed by atoms with van der Waals surface area (Å²) in [7, 11) is 1.68. The maximum absolute atomic E-state index is 12.8. The Balaban J connectivity index is 2.20. The molecule has 0 atom stereocenters. The number of hydrogen-bond donors (Lipinski definition) is 1. The summed E-state index contributed by atoms with van der Waals surface area (Å²) >= 11 is 0. The lowest BCUT2D eigenvalue weighted by atomic mass is 10.0.